The quantitative estimate of drug-likeness (QED) is 0.190. The average Bonchev–Trinajstić information content (AvgIpc) is 3.50. The summed E-state index contributed by atoms with van der Waals surface area (Å²) in [5.74, 6) is 0.688. The van der Waals surface area contributed by atoms with Crippen LogP contribution < -0.4 is 25.4 Å². The number of piperazine rings is 1. The number of benzene rings is 2. The number of carbonyl (C=O) groups is 3. The lowest BCUT2D eigenvalue weighted by atomic mass is 10.1. The molecule has 2 aromatic carbocycles. The molecular weight excluding hydrogens is 661 g/mol. The Morgan fingerprint density at radius 1 is 0.915 bits per heavy atom. The molecule has 0 radical (unpaired) electrons. The van der Waals surface area contributed by atoms with E-state index in [0.717, 1.165) is 51.0 Å². The Morgan fingerprint density at radius 3 is 2.36 bits per heavy atom. The van der Waals surface area contributed by atoms with Crippen LogP contribution in [0.5, 0.6) is 11.5 Å². The number of amides is 3. The first kappa shape index (κ1) is 39.8. The van der Waals surface area contributed by atoms with Crippen molar-refractivity contribution in [3.05, 3.63) is 69.9 Å². The molecule has 0 unspecified atom stereocenters. The van der Waals surface area contributed by atoms with E-state index in [9.17, 15) is 14.4 Å². The van der Waals surface area contributed by atoms with Gasteiger partial charge in [0.05, 0.1) is 30.2 Å². The van der Waals surface area contributed by atoms with Gasteiger partial charge >= 0.3 is 0 Å². The van der Waals surface area contributed by atoms with Crippen LogP contribution in [-0.4, -0.2) is 87.6 Å². The molecule has 3 aromatic rings. The first-order chi connectivity index (χ1) is 21.8. The lowest BCUT2D eigenvalue weighted by Crippen LogP contribution is -2.47. The number of hydrogen-bond donors (Lipinski definition) is 2. The Kier molecular flexibility index (Phi) is 17.0. The highest BCUT2D eigenvalue weighted by molar-refractivity contribution is 7.12. The Bertz CT molecular complexity index is 1450. The van der Waals surface area contributed by atoms with Crippen molar-refractivity contribution in [2.24, 2.45) is 5.73 Å². The monoisotopic (exact) mass is 707 g/mol. The molecule has 4 rings (SSSR count). The van der Waals surface area contributed by atoms with Crippen molar-refractivity contribution in [1.82, 2.24) is 9.80 Å². The second-order valence-corrected chi connectivity index (χ2v) is 12.2. The van der Waals surface area contributed by atoms with Crippen molar-refractivity contribution in [3.63, 3.8) is 0 Å². The summed E-state index contributed by atoms with van der Waals surface area (Å²) in [6.07, 6.45) is 3.75. The number of nitrogens with one attached hydrogen (secondary N) is 1. The summed E-state index contributed by atoms with van der Waals surface area (Å²) >= 11 is 1.26. The van der Waals surface area contributed by atoms with E-state index >= 15 is 0 Å². The number of nitrogens with two attached hydrogens (primary N) is 1. The molecular formula is C34H47Cl2N5O5S. The highest BCUT2D eigenvalue weighted by Crippen LogP contribution is 2.33. The zero-order valence-corrected chi connectivity index (χ0v) is 29.8. The summed E-state index contributed by atoms with van der Waals surface area (Å²) in [5, 5.41) is 4.67. The van der Waals surface area contributed by atoms with Crippen molar-refractivity contribution in [2.75, 3.05) is 70.2 Å². The fraction of sp³-hybridized carbons (Fsp3) is 0.441. The number of aryl methyl sites for hydroxylation is 1. The van der Waals surface area contributed by atoms with Crippen LogP contribution >= 0.6 is 36.2 Å². The number of halogens is 2. The van der Waals surface area contributed by atoms with Gasteiger partial charge in [-0.3, -0.25) is 14.4 Å². The molecule has 10 nitrogen and oxygen atoms in total. The third kappa shape index (κ3) is 11.4. The van der Waals surface area contributed by atoms with E-state index in [1.807, 2.05) is 30.0 Å². The maximum Gasteiger partial charge on any atom is 0.270 e. The molecule has 2 heterocycles. The first-order valence-corrected chi connectivity index (χ1v) is 16.4. The van der Waals surface area contributed by atoms with E-state index in [1.54, 1.807) is 47.7 Å². The molecule has 13 heteroatoms. The van der Waals surface area contributed by atoms with E-state index in [-0.39, 0.29) is 42.5 Å². The number of nitrogens with zero attached hydrogens (tertiary/aromatic N) is 3. The fourth-order valence-corrected chi connectivity index (χ4v) is 5.86. The number of ether oxygens (including phenoxy) is 2. The topological polar surface area (TPSA) is 117 Å². The van der Waals surface area contributed by atoms with E-state index in [1.165, 1.54) is 11.3 Å². The van der Waals surface area contributed by atoms with E-state index in [2.05, 4.69) is 17.3 Å². The molecule has 3 N–H and O–H groups in total. The van der Waals surface area contributed by atoms with Gasteiger partial charge in [-0.25, -0.2) is 0 Å². The molecule has 0 saturated carbocycles. The molecule has 3 amide bonds. The van der Waals surface area contributed by atoms with Crippen molar-refractivity contribution >= 4 is 65.2 Å². The van der Waals surface area contributed by atoms with Crippen molar-refractivity contribution < 1.29 is 23.9 Å². The van der Waals surface area contributed by atoms with Crippen molar-refractivity contribution in [1.29, 1.82) is 0 Å². The smallest absolute Gasteiger partial charge is 0.270 e. The maximum atomic E-state index is 13.7. The van der Waals surface area contributed by atoms with Gasteiger partial charge in [0.25, 0.3) is 11.8 Å². The zero-order chi connectivity index (χ0) is 32.2. The molecule has 1 aliphatic rings. The first-order valence-electron chi connectivity index (χ1n) is 15.6. The molecule has 0 aliphatic carbocycles. The van der Waals surface area contributed by atoms with Gasteiger partial charge < -0.3 is 35.2 Å². The van der Waals surface area contributed by atoms with E-state index in [4.69, 9.17) is 15.2 Å². The molecule has 47 heavy (non-hydrogen) atoms. The number of carbonyl (C=O) groups excluding carboxylic acids is 3. The van der Waals surface area contributed by atoms with Gasteiger partial charge in [-0.15, -0.1) is 36.2 Å². The van der Waals surface area contributed by atoms with Gasteiger partial charge in [-0.05, 0) is 87.5 Å². The molecule has 0 spiro atoms. The van der Waals surface area contributed by atoms with E-state index < -0.39 is 0 Å². The minimum absolute atomic E-state index is 0. The molecule has 0 atom stereocenters. The SMILES string of the molecule is Cc1ccc(N(C)C(=O)c2sccc2NC(=O)c2ccccc2OCCCN)c(OCCCCCC(=O)N2CCN(C)CC2)c1.Cl.Cl. The van der Waals surface area contributed by atoms with E-state index in [0.29, 0.717) is 65.9 Å². The minimum Gasteiger partial charge on any atom is -0.493 e. The predicted molar refractivity (Wildman–Crippen MR) is 194 cm³/mol. The lowest BCUT2D eigenvalue weighted by molar-refractivity contribution is -0.132. The average molecular weight is 709 g/mol. The van der Waals surface area contributed by atoms with Crippen LogP contribution in [0.3, 0.4) is 0 Å². The predicted octanol–water partition coefficient (Wildman–Crippen LogP) is 5.87. The number of thiophene rings is 1. The Balaban J connectivity index is 0.00000384. The Hall–Kier alpha value is -3.35. The molecule has 1 aromatic heterocycles. The Morgan fingerprint density at radius 2 is 1.62 bits per heavy atom. The minimum atomic E-state index is -0.363. The third-order valence-corrected chi connectivity index (χ3v) is 8.68. The van der Waals surface area contributed by atoms with Gasteiger partial charge in [0, 0.05) is 39.6 Å². The van der Waals surface area contributed by atoms with Crippen LogP contribution in [0.2, 0.25) is 0 Å². The standard InChI is InChI=1S/C34H45N5O5S.2ClH/c1-25-13-14-28(30(24-25)44-21-8-4-5-12-31(40)39-19-17-37(2)18-20-39)38(3)34(42)32-27(15-23-45-32)36-33(41)26-10-6-7-11-29(26)43-22-9-16-35;;/h6-7,10-11,13-15,23-24H,4-5,8-9,12,16-22,35H2,1-3H3,(H,36,41);2*1H. The molecule has 1 saturated heterocycles. The number of anilines is 2. The third-order valence-electron chi connectivity index (χ3n) is 7.78. The molecule has 0 bridgehead atoms. The van der Waals surface area contributed by atoms with Crippen LogP contribution in [0.4, 0.5) is 11.4 Å². The highest BCUT2D eigenvalue weighted by atomic mass is 35.5. The van der Waals surface area contributed by atoms with Gasteiger partial charge in [-0.1, -0.05) is 18.2 Å². The molecule has 1 aliphatic heterocycles. The maximum absolute atomic E-state index is 13.7. The molecule has 258 valence electrons. The number of rotatable bonds is 15. The van der Waals surface area contributed by atoms with Gasteiger partial charge in [0.1, 0.15) is 16.4 Å². The summed E-state index contributed by atoms with van der Waals surface area (Å²) in [5.41, 5.74) is 8.04. The number of hydrogen-bond acceptors (Lipinski definition) is 8. The van der Waals surface area contributed by atoms with Gasteiger partial charge in [-0.2, -0.15) is 0 Å². The summed E-state index contributed by atoms with van der Waals surface area (Å²) < 4.78 is 11.9. The second-order valence-electron chi connectivity index (χ2n) is 11.3. The largest absolute Gasteiger partial charge is 0.493 e. The molecule has 1 fully saturated rings. The second kappa shape index (κ2) is 20.1. The summed E-state index contributed by atoms with van der Waals surface area (Å²) in [6.45, 7) is 6.83. The van der Waals surface area contributed by atoms with Crippen LogP contribution in [0.15, 0.2) is 53.9 Å². The van der Waals surface area contributed by atoms with Gasteiger partial charge in [0.2, 0.25) is 5.91 Å². The fourth-order valence-electron chi connectivity index (χ4n) is 5.04. The van der Waals surface area contributed by atoms with Crippen LogP contribution in [-0.2, 0) is 4.79 Å². The number of para-hydroxylation sites is 1. The van der Waals surface area contributed by atoms with Crippen molar-refractivity contribution in [2.45, 2.75) is 39.0 Å². The van der Waals surface area contributed by atoms with Crippen LogP contribution in [0, 0.1) is 6.92 Å². The summed E-state index contributed by atoms with van der Waals surface area (Å²) in [7, 11) is 3.79. The van der Waals surface area contributed by atoms with Crippen molar-refractivity contribution in [3.8, 4) is 11.5 Å². The number of unbranched alkanes of at least 4 members (excludes halogenated alkanes) is 2. The summed E-state index contributed by atoms with van der Waals surface area (Å²) in [4.78, 5) is 45.6. The van der Waals surface area contributed by atoms with Crippen LogP contribution in [0.25, 0.3) is 0 Å². The number of likely N-dealkylation sites (N-methyl/N-ethyl adjacent to an activating group) is 1. The zero-order valence-electron chi connectivity index (χ0n) is 27.4. The highest BCUT2D eigenvalue weighted by Gasteiger charge is 2.24. The van der Waals surface area contributed by atoms with Crippen LogP contribution in [0.1, 0.15) is 57.7 Å². The summed E-state index contributed by atoms with van der Waals surface area (Å²) in [6, 6.07) is 14.5. The van der Waals surface area contributed by atoms with Gasteiger partial charge in [0.15, 0.2) is 0 Å². The Labute approximate surface area is 294 Å². The normalized spacial score (nSPS) is 12.8. The lowest BCUT2D eigenvalue weighted by Gasteiger charge is -2.32.